The van der Waals surface area contributed by atoms with E-state index in [0.29, 0.717) is 15.6 Å². The van der Waals surface area contributed by atoms with Crippen LogP contribution in [-0.2, 0) is 10.0 Å². The highest BCUT2D eigenvalue weighted by Crippen LogP contribution is 2.31. The van der Waals surface area contributed by atoms with Crippen LogP contribution in [0.3, 0.4) is 0 Å². The number of amidine groups is 1. The molecule has 0 atom stereocenters. The summed E-state index contributed by atoms with van der Waals surface area (Å²) in [5.74, 6) is -0.120. The molecule has 6 nitrogen and oxygen atoms in total. The molecule has 0 radical (unpaired) electrons. The second kappa shape index (κ2) is 7.40. The van der Waals surface area contributed by atoms with Crippen LogP contribution in [0.25, 0.3) is 0 Å². The minimum Gasteiger partial charge on any atom is -0.494 e. The molecule has 0 saturated heterocycles. The Balaban J connectivity index is 2.01. The van der Waals surface area contributed by atoms with Gasteiger partial charge in [0.1, 0.15) is 4.90 Å². The summed E-state index contributed by atoms with van der Waals surface area (Å²) in [6.45, 7) is 3.74. The fourth-order valence-corrected chi connectivity index (χ4v) is 4.32. The van der Waals surface area contributed by atoms with Crippen molar-refractivity contribution in [2.24, 2.45) is 9.50 Å². The molecule has 142 valence electrons. The van der Waals surface area contributed by atoms with Crippen LogP contribution < -0.4 is 4.74 Å². The molecule has 0 amide bonds. The minimum absolute atomic E-state index is 0.103. The van der Waals surface area contributed by atoms with Gasteiger partial charge in [-0.3, -0.25) is 0 Å². The van der Waals surface area contributed by atoms with Gasteiger partial charge in [-0.25, -0.2) is 9.40 Å². The zero-order valence-electron chi connectivity index (χ0n) is 14.8. The van der Waals surface area contributed by atoms with Gasteiger partial charge in [0.2, 0.25) is 0 Å². The van der Waals surface area contributed by atoms with Crippen LogP contribution in [-0.4, -0.2) is 38.6 Å². The largest absolute Gasteiger partial charge is 0.494 e. The number of hydrogen-bond donors (Lipinski definition) is 0. The molecule has 0 aliphatic carbocycles. The SMILES string of the molecule is COc1cc(/C=N/N(C2=NS(=O)(=O)c3cc(Br)ccc32)C(C)C)ccc1F. The topological polar surface area (TPSA) is 71.3 Å². The van der Waals surface area contributed by atoms with E-state index in [1.807, 2.05) is 13.8 Å². The number of benzene rings is 2. The molecule has 0 fully saturated rings. The number of hydrogen-bond acceptors (Lipinski definition) is 5. The zero-order chi connectivity index (χ0) is 19.8. The van der Waals surface area contributed by atoms with Crippen LogP contribution in [0, 0.1) is 5.82 Å². The van der Waals surface area contributed by atoms with E-state index in [9.17, 15) is 12.8 Å². The molecular formula is C18H17BrFN3O3S. The number of rotatable bonds is 4. The second-order valence-electron chi connectivity index (χ2n) is 6.11. The molecule has 0 bridgehead atoms. The van der Waals surface area contributed by atoms with Crippen molar-refractivity contribution in [1.29, 1.82) is 0 Å². The summed E-state index contributed by atoms with van der Waals surface area (Å²) in [4.78, 5) is 0.135. The Morgan fingerprint density at radius 1 is 1.26 bits per heavy atom. The number of ether oxygens (including phenoxy) is 1. The van der Waals surface area contributed by atoms with E-state index >= 15 is 0 Å². The van der Waals surface area contributed by atoms with Gasteiger partial charge in [-0.1, -0.05) is 22.0 Å². The number of halogens is 2. The Hall–Kier alpha value is -2.26. The molecule has 27 heavy (non-hydrogen) atoms. The van der Waals surface area contributed by atoms with Crippen molar-refractivity contribution in [2.75, 3.05) is 7.11 Å². The lowest BCUT2D eigenvalue weighted by atomic mass is 10.2. The first-order valence-electron chi connectivity index (χ1n) is 8.04. The fourth-order valence-electron chi connectivity index (χ4n) is 2.59. The van der Waals surface area contributed by atoms with Crippen LogP contribution in [0.5, 0.6) is 5.75 Å². The van der Waals surface area contributed by atoms with E-state index < -0.39 is 15.8 Å². The Morgan fingerprint density at radius 3 is 2.67 bits per heavy atom. The third-order valence-electron chi connectivity index (χ3n) is 3.88. The van der Waals surface area contributed by atoms with Gasteiger partial charge in [0, 0.05) is 16.1 Å². The van der Waals surface area contributed by atoms with E-state index in [1.165, 1.54) is 36.5 Å². The van der Waals surface area contributed by atoms with Gasteiger partial charge in [-0.2, -0.15) is 13.5 Å². The van der Waals surface area contributed by atoms with Crippen molar-refractivity contribution in [2.45, 2.75) is 24.8 Å². The summed E-state index contributed by atoms with van der Waals surface area (Å²) >= 11 is 3.28. The predicted octanol–water partition coefficient (Wildman–Crippen LogP) is 3.79. The first kappa shape index (κ1) is 19.5. The molecule has 0 N–H and O–H groups in total. The van der Waals surface area contributed by atoms with Crippen LogP contribution in [0.1, 0.15) is 25.0 Å². The third-order valence-corrected chi connectivity index (χ3v) is 5.68. The van der Waals surface area contributed by atoms with Crippen molar-refractivity contribution in [1.82, 2.24) is 5.01 Å². The van der Waals surface area contributed by atoms with Crippen molar-refractivity contribution in [3.05, 3.63) is 57.8 Å². The summed E-state index contributed by atoms with van der Waals surface area (Å²) in [5.41, 5.74) is 1.09. The lowest BCUT2D eigenvalue weighted by Gasteiger charge is -2.23. The van der Waals surface area contributed by atoms with E-state index in [2.05, 4.69) is 25.4 Å². The summed E-state index contributed by atoms with van der Waals surface area (Å²) < 4.78 is 47.9. The summed E-state index contributed by atoms with van der Waals surface area (Å²) in [7, 11) is -2.40. The average molecular weight is 454 g/mol. The van der Waals surface area contributed by atoms with Crippen molar-refractivity contribution in [3.8, 4) is 5.75 Å². The maximum Gasteiger partial charge on any atom is 0.285 e. The quantitative estimate of drug-likeness (QED) is 0.521. The van der Waals surface area contributed by atoms with E-state index in [0.717, 1.165) is 0 Å². The molecule has 1 aliphatic heterocycles. The fraction of sp³-hybridized carbons (Fsp3) is 0.222. The van der Waals surface area contributed by atoms with Gasteiger partial charge in [-0.15, -0.1) is 4.40 Å². The van der Waals surface area contributed by atoms with Crippen molar-refractivity contribution >= 4 is 38.0 Å². The smallest absolute Gasteiger partial charge is 0.285 e. The minimum atomic E-state index is -3.78. The number of fused-ring (bicyclic) bond motifs is 1. The van der Waals surface area contributed by atoms with E-state index in [-0.39, 0.29) is 22.5 Å². The third kappa shape index (κ3) is 3.89. The monoisotopic (exact) mass is 453 g/mol. The average Bonchev–Trinajstić information content (AvgIpc) is 2.87. The molecule has 0 saturated carbocycles. The van der Waals surface area contributed by atoms with Gasteiger partial charge in [0.05, 0.1) is 13.3 Å². The first-order valence-corrected chi connectivity index (χ1v) is 10.3. The van der Waals surface area contributed by atoms with Gasteiger partial charge in [0.25, 0.3) is 10.0 Å². The maximum absolute atomic E-state index is 13.6. The Labute approximate surface area is 165 Å². The lowest BCUT2D eigenvalue weighted by molar-refractivity contribution is 0.371. The molecular weight excluding hydrogens is 437 g/mol. The van der Waals surface area contributed by atoms with Crippen LogP contribution in [0.2, 0.25) is 0 Å². The van der Waals surface area contributed by atoms with Gasteiger partial charge >= 0.3 is 0 Å². The van der Waals surface area contributed by atoms with Crippen LogP contribution in [0.4, 0.5) is 4.39 Å². The van der Waals surface area contributed by atoms with Gasteiger partial charge in [0.15, 0.2) is 17.4 Å². The molecule has 9 heteroatoms. The molecule has 1 aliphatic rings. The van der Waals surface area contributed by atoms with E-state index in [4.69, 9.17) is 4.74 Å². The summed E-state index contributed by atoms with van der Waals surface area (Å²) in [6, 6.07) is 9.15. The van der Waals surface area contributed by atoms with Crippen LogP contribution in [0.15, 0.2) is 55.3 Å². The number of sulfonamides is 1. The lowest BCUT2D eigenvalue weighted by Crippen LogP contribution is -2.32. The first-order chi connectivity index (χ1) is 12.7. The predicted molar refractivity (Wildman–Crippen MR) is 105 cm³/mol. The molecule has 1 heterocycles. The normalized spacial score (nSPS) is 15.1. The van der Waals surface area contributed by atoms with Gasteiger partial charge in [-0.05, 0) is 49.7 Å². The molecule has 3 rings (SSSR count). The standard InChI is InChI=1S/C18H17BrFN3O3S/c1-11(2)23(21-10-12-4-7-15(20)16(8-12)26-3)18-14-6-5-13(19)9-17(14)27(24,25)22-18/h4-11H,1-3H3/b21-10+. The Morgan fingerprint density at radius 2 is 2.00 bits per heavy atom. The molecule has 2 aromatic rings. The Kier molecular flexibility index (Phi) is 5.34. The molecule has 2 aromatic carbocycles. The summed E-state index contributed by atoms with van der Waals surface area (Å²) in [6.07, 6.45) is 1.51. The Bertz CT molecular complexity index is 1050. The second-order valence-corrected chi connectivity index (χ2v) is 8.60. The zero-order valence-corrected chi connectivity index (χ0v) is 17.3. The number of nitrogens with zero attached hydrogens (tertiary/aromatic N) is 3. The number of methoxy groups -OCH3 is 1. The van der Waals surface area contributed by atoms with Crippen LogP contribution >= 0.6 is 15.9 Å². The van der Waals surface area contributed by atoms with E-state index in [1.54, 1.807) is 18.2 Å². The molecule has 0 spiro atoms. The van der Waals surface area contributed by atoms with Crippen molar-refractivity contribution in [3.63, 3.8) is 0 Å². The highest BCUT2D eigenvalue weighted by Gasteiger charge is 2.33. The van der Waals surface area contributed by atoms with Crippen molar-refractivity contribution < 1.29 is 17.5 Å². The highest BCUT2D eigenvalue weighted by molar-refractivity contribution is 9.10. The maximum atomic E-state index is 13.6. The summed E-state index contributed by atoms with van der Waals surface area (Å²) in [5, 5.41) is 5.91. The highest BCUT2D eigenvalue weighted by atomic mass is 79.9. The number of hydrazone groups is 1. The molecule has 0 aromatic heterocycles. The van der Waals surface area contributed by atoms with Gasteiger partial charge < -0.3 is 4.74 Å². The molecule has 0 unspecified atom stereocenters.